The minimum absolute atomic E-state index is 0.145. The van der Waals surface area contributed by atoms with Crippen LogP contribution < -0.4 is 19.5 Å². The number of aliphatic imine (C=N–C) groups is 1. The van der Waals surface area contributed by atoms with Gasteiger partial charge in [-0.1, -0.05) is 0 Å². The Morgan fingerprint density at radius 2 is 1.93 bits per heavy atom. The average molecular weight is 434 g/mol. The van der Waals surface area contributed by atoms with Gasteiger partial charge in [-0.15, -0.1) is 0 Å². The van der Waals surface area contributed by atoms with Gasteiger partial charge in [-0.05, 0) is 41.8 Å². The van der Waals surface area contributed by atoms with Crippen LogP contribution >= 0.6 is 0 Å². The summed E-state index contributed by atoms with van der Waals surface area (Å²) in [5.41, 5.74) is 2.38. The van der Waals surface area contributed by atoms with Crippen LogP contribution in [0.4, 0.5) is 0 Å². The number of methoxy groups -OCH3 is 2. The van der Waals surface area contributed by atoms with Crippen LogP contribution in [0.15, 0.2) is 46.5 Å². The molecule has 0 unspecified atom stereocenters. The number of hydrogen-bond acceptors (Lipinski definition) is 6. The van der Waals surface area contributed by atoms with E-state index in [0.29, 0.717) is 18.8 Å². The topological polar surface area (TPSA) is 105 Å². The third-order valence-electron chi connectivity index (χ3n) is 4.87. The van der Waals surface area contributed by atoms with Crippen LogP contribution in [-0.4, -0.2) is 65.2 Å². The summed E-state index contributed by atoms with van der Waals surface area (Å²) < 4.78 is 37.9. The summed E-state index contributed by atoms with van der Waals surface area (Å²) in [4.78, 5) is 10.5. The zero-order valence-electron chi connectivity index (χ0n) is 17.4. The van der Waals surface area contributed by atoms with Crippen LogP contribution in [0.5, 0.6) is 11.5 Å². The van der Waals surface area contributed by atoms with Gasteiger partial charge in [0.15, 0.2) is 17.5 Å². The predicted molar refractivity (Wildman–Crippen MR) is 114 cm³/mol. The molecule has 162 valence electrons. The van der Waals surface area contributed by atoms with E-state index >= 15 is 0 Å². The van der Waals surface area contributed by atoms with E-state index in [0.717, 1.165) is 30.2 Å². The van der Waals surface area contributed by atoms with Crippen molar-refractivity contribution in [3.8, 4) is 11.5 Å². The van der Waals surface area contributed by atoms with Gasteiger partial charge in [0, 0.05) is 45.6 Å². The molecule has 0 saturated carbocycles. The first-order valence-corrected chi connectivity index (χ1v) is 11.1. The van der Waals surface area contributed by atoms with E-state index < -0.39 is 10.0 Å². The first kappa shape index (κ1) is 21.8. The number of nitrogens with one attached hydrogen (secondary N) is 2. The number of guanidine groups is 1. The molecule has 3 rings (SSSR count). The standard InChI is InChI=1S/C20H27N5O4S/c1-21-20(23-8-9-24-30(26,27)17-5-4-7-22-13-17)25-10-6-15-11-18(28-2)19(29-3)12-16(15)14-25/h4-5,7,11-13,24H,6,8-10,14H2,1-3H3,(H,21,23). The minimum Gasteiger partial charge on any atom is -0.493 e. The second-order valence-electron chi connectivity index (χ2n) is 6.71. The van der Waals surface area contributed by atoms with Crippen molar-refractivity contribution < 1.29 is 17.9 Å². The molecule has 0 aliphatic carbocycles. The Kier molecular flexibility index (Phi) is 7.11. The van der Waals surface area contributed by atoms with Crippen molar-refractivity contribution in [2.45, 2.75) is 17.9 Å². The molecular formula is C20H27N5O4S. The van der Waals surface area contributed by atoms with E-state index in [9.17, 15) is 8.42 Å². The van der Waals surface area contributed by atoms with Gasteiger partial charge >= 0.3 is 0 Å². The molecule has 0 atom stereocenters. The van der Waals surface area contributed by atoms with Crippen LogP contribution in [0.3, 0.4) is 0 Å². The molecule has 1 aliphatic heterocycles. The van der Waals surface area contributed by atoms with Crippen LogP contribution in [0.1, 0.15) is 11.1 Å². The molecule has 0 amide bonds. The largest absolute Gasteiger partial charge is 0.493 e. The smallest absolute Gasteiger partial charge is 0.242 e. The number of ether oxygens (including phenoxy) is 2. The predicted octanol–water partition coefficient (Wildman–Crippen LogP) is 1.01. The Balaban J connectivity index is 1.57. The van der Waals surface area contributed by atoms with Gasteiger partial charge in [-0.3, -0.25) is 9.98 Å². The highest BCUT2D eigenvalue weighted by atomic mass is 32.2. The molecule has 1 aromatic carbocycles. The maximum atomic E-state index is 12.3. The summed E-state index contributed by atoms with van der Waals surface area (Å²) in [7, 11) is 1.39. The summed E-state index contributed by atoms with van der Waals surface area (Å²) in [6, 6.07) is 7.12. The van der Waals surface area contributed by atoms with Gasteiger partial charge in [-0.2, -0.15) is 0 Å². The fourth-order valence-electron chi connectivity index (χ4n) is 3.35. The molecule has 30 heavy (non-hydrogen) atoms. The summed E-state index contributed by atoms with van der Waals surface area (Å²) >= 11 is 0. The highest BCUT2D eigenvalue weighted by Crippen LogP contribution is 2.33. The lowest BCUT2D eigenvalue weighted by molar-refractivity contribution is 0.346. The first-order valence-electron chi connectivity index (χ1n) is 9.57. The molecule has 0 spiro atoms. The summed E-state index contributed by atoms with van der Waals surface area (Å²) in [5.74, 6) is 2.15. The third kappa shape index (κ3) is 5.00. The molecule has 2 N–H and O–H groups in total. The Hall–Kier alpha value is -2.85. The van der Waals surface area contributed by atoms with Crippen molar-refractivity contribution in [1.82, 2.24) is 19.9 Å². The van der Waals surface area contributed by atoms with Crippen LogP contribution in [0.2, 0.25) is 0 Å². The molecule has 0 radical (unpaired) electrons. The van der Waals surface area contributed by atoms with Crippen molar-refractivity contribution in [3.05, 3.63) is 47.8 Å². The van der Waals surface area contributed by atoms with Gasteiger partial charge < -0.3 is 19.7 Å². The SMILES string of the molecule is CN=C(NCCNS(=O)(=O)c1cccnc1)N1CCc2cc(OC)c(OC)cc2C1. The van der Waals surface area contributed by atoms with E-state index in [2.05, 4.69) is 24.9 Å². The van der Waals surface area contributed by atoms with E-state index in [1.54, 1.807) is 27.3 Å². The molecule has 0 fully saturated rings. The number of aromatic nitrogens is 1. The second kappa shape index (κ2) is 9.77. The van der Waals surface area contributed by atoms with Crippen molar-refractivity contribution in [2.75, 3.05) is 40.9 Å². The number of fused-ring (bicyclic) bond motifs is 1. The number of pyridine rings is 1. The fraction of sp³-hybridized carbons (Fsp3) is 0.400. The van der Waals surface area contributed by atoms with Crippen molar-refractivity contribution in [2.24, 2.45) is 4.99 Å². The van der Waals surface area contributed by atoms with Crippen LogP contribution in [0.25, 0.3) is 0 Å². The van der Waals surface area contributed by atoms with Crippen molar-refractivity contribution in [1.29, 1.82) is 0 Å². The van der Waals surface area contributed by atoms with Gasteiger partial charge in [-0.25, -0.2) is 13.1 Å². The molecule has 2 aromatic rings. The van der Waals surface area contributed by atoms with E-state index in [1.807, 2.05) is 12.1 Å². The normalized spacial score (nSPS) is 14.2. The minimum atomic E-state index is -3.58. The summed E-state index contributed by atoms with van der Waals surface area (Å²) in [5, 5.41) is 3.22. The lowest BCUT2D eigenvalue weighted by Crippen LogP contribution is -2.46. The number of sulfonamides is 1. The maximum absolute atomic E-state index is 12.3. The average Bonchev–Trinajstić information content (AvgIpc) is 2.78. The summed E-state index contributed by atoms with van der Waals surface area (Å²) in [6.45, 7) is 2.10. The Bertz CT molecular complexity index is 996. The molecule has 2 heterocycles. The van der Waals surface area contributed by atoms with Crippen molar-refractivity contribution in [3.63, 3.8) is 0 Å². The number of benzene rings is 1. The Morgan fingerprint density at radius 3 is 2.57 bits per heavy atom. The zero-order chi connectivity index (χ0) is 21.6. The highest BCUT2D eigenvalue weighted by Gasteiger charge is 2.21. The first-order chi connectivity index (χ1) is 14.5. The quantitative estimate of drug-likeness (QED) is 0.381. The van der Waals surface area contributed by atoms with E-state index in [4.69, 9.17) is 9.47 Å². The second-order valence-corrected chi connectivity index (χ2v) is 8.47. The van der Waals surface area contributed by atoms with Crippen LogP contribution in [-0.2, 0) is 23.0 Å². The molecule has 10 heteroatoms. The monoisotopic (exact) mass is 433 g/mol. The molecule has 1 aromatic heterocycles. The zero-order valence-corrected chi connectivity index (χ0v) is 18.2. The van der Waals surface area contributed by atoms with E-state index in [-0.39, 0.29) is 11.4 Å². The van der Waals surface area contributed by atoms with Gasteiger partial charge in [0.05, 0.1) is 14.2 Å². The third-order valence-corrected chi connectivity index (χ3v) is 6.32. The lowest BCUT2D eigenvalue weighted by Gasteiger charge is -2.32. The molecule has 1 aliphatic rings. The number of nitrogens with zero attached hydrogens (tertiary/aromatic N) is 3. The Labute approximate surface area is 177 Å². The Morgan fingerprint density at radius 1 is 1.20 bits per heavy atom. The van der Waals surface area contributed by atoms with Crippen molar-refractivity contribution >= 4 is 16.0 Å². The lowest BCUT2D eigenvalue weighted by atomic mass is 9.99. The summed E-state index contributed by atoms with van der Waals surface area (Å²) in [6.07, 6.45) is 3.71. The molecule has 0 bridgehead atoms. The number of hydrogen-bond donors (Lipinski definition) is 2. The van der Waals surface area contributed by atoms with Gasteiger partial charge in [0.2, 0.25) is 10.0 Å². The van der Waals surface area contributed by atoms with Gasteiger partial charge in [0.1, 0.15) is 4.90 Å². The number of rotatable bonds is 7. The van der Waals surface area contributed by atoms with Gasteiger partial charge in [0.25, 0.3) is 0 Å². The van der Waals surface area contributed by atoms with E-state index in [1.165, 1.54) is 24.0 Å². The molecular weight excluding hydrogens is 406 g/mol. The highest BCUT2D eigenvalue weighted by molar-refractivity contribution is 7.89. The fourth-order valence-corrected chi connectivity index (χ4v) is 4.34. The van der Waals surface area contributed by atoms with Crippen LogP contribution in [0, 0.1) is 0 Å². The molecule has 9 nitrogen and oxygen atoms in total. The molecule has 0 saturated heterocycles. The maximum Gasteiger partial charge on any atom is 0.242 e.